The minimum Gasteiger partial charge on any atom is -0.489 e. The van der Waals surface area contributed by atoms with Crippen LogP contribution in [-0.2, 0) is 0 Å². The number of nitrogens with zero attached hydrogens (tertiary/aromatic N) is 2. The van der Waals surface area contributed by atoms with Crippen molar-refractivity contribution in [3.05, 3.63) is 54.1 Å². The summed E-state index contributed by atoms with van der Waals surface area (Å²) in [6.45, 7) is 2.59. The Bertz CT molecular complexity index is 1410. The van der Waals surface area contributed by atoms with Crippen LogP contribution < -0.4 is 16.4 Å². The molecule has 164 valence electrons. The van der Waals surface area contributed by atoms with E-state index in [4.69, 9.17) is 16.4 Å². The maximum atomic E-state index is 14.0. The van der Waals surface area contributed by atoms with Crippen molar-refractivity contribution in [2.45, 2.75) is 13.3 Å². The number of hydrogen-bond acceptors (Lipinski definition) is 4. The van der Waals surface area contributed by atoms with Crippen LogP contribution in [0, 0.1) is 11.6 Å². The molecule has 0 bridgehead atoms. The van der Waals surface area contributed by atoms with Gasteiger partial charge in [-0.05, 0) is 49.4 Å². The Labute approximate surface area is 181 Å². The third-order valence-corrected chi connectivity index (χ3v) is 5.74. The summed E-state index contributed by atoms with van der Waals surface area (Å²) in [5.41, 5.74) is 3.07. The van der Waals surface area contributed by atoms with Gasteiger partial charge < -0.3 is 20.5 Å². The van der Waals surface area contributed by atoms with E-state index >= 15 is 0 Å². The Kier molecular flexibility index (Phi) is 4.82. The smallest absolute Gasteiger partial charge is 0.167 e. The number of H-pyrrole nitrogens is 2. The Hall–Kier alpha value is -3.85. The minimum atomic E-state index is -0.328. The molecule has 0 saturated carbocycles. The van der Waals surface area contributed by atoms with Gasteiger partial charge in [0.1, 0.15) is 17.5 Å². The lowest BCUT2D eigenvalue weighted by molar-refractivity contribution is 0.292. The minimum absolute atomic E-state index is 0.328. The van der Waals surface area contributed by atoms with Gasteiger partial charge in [0, 0.05) is 45.5 Å². The lowest BCUT2D eigenvalue weighted by Gasteiger charge is -2.17. The van der Waals surface area contributed by atoms with Gasteiger partial charge in [-0.1, -0.05) is 0 Å². The predicted octanol–water partition coefficient (Wildman–Crippen LogP) is 4.47. The molecule has 32 heavy (non-hydrogen) atoms. The highest BCUT2D eigenvalue weighted by atomic mass is 19.1. The van der Waals surface area contributed by atoms with Crippen LogP contribution in [0.25, 0.3) is 43.6 Å². The first-order valence-corrected chi connectivity index (χ1v) is 10.2. The molecule has 5 aromatic rings. The Morgan fingerprint density at radius 3 is 2.03 bits per heavy atom. The number of benzene rings is 3. The highest BCUT2D eigenvalue weighted by molar-refractivity contribution is 6.20. The number of aromatic amines is 2. The largest absolute Gasteiger partial charge is 0.489 e. The van der Waals surface area contributed by atoms with Crippen molar-refractivity contribution in [2.75, 3.05) is 13.2 Å². The van der Waals surface area contributed by atoms with Crippen LogP contribution in [0.2, 0.25) is 0 Å². The van der Waals surface area contributed by atoms with E-state index in [0.717, 1.165) is 43.6 Å². The summed E-state index contributed by atoms with van der Waals surface area (Å²) in [6, 6.07) is 11.1. The van der Waals surface area contributed by atoms with Crippen LogP contribution >= 0.6 is 0 Å². The molecule has 7 nitrogen and oxygen atoms in total. The molecule has 0 atom stereocenters. The zero-order valence-corrected chi connectivity index (χ0v) is 17.4. The highest BCUT2D eigenvalue weighted by Crippen LogP contribution is 2.41. The third-order valence-electron chi connectivity index (χ3n) is 5.74. The molecule has 9 heteroatoms. The van der Waals surface area contributed by atoms with E-state index in [0.29, 0.717) is 31.2 Å². The van der Waals surface area contributed by atoms with Crippen molar-refractivity contribution < 1.29 is 13.5 Å². The van der Waals surface area contributed by atoms with Crippen LogP contribution in [0.15, 0.2) is 47.6 Å². The van der Waals surface area contributed by atoms with Gasteiger partial charge >= 0.3 is 0 Å². The van der Waals surface area contributed by atoms with Gasteiger partial charge in [0.25, 0.3) is 0 Å². The van der Waals surface area contributed by atoms with Gasteiger partial charge in [-0.15, -0.1) is 0 Å². The van der Waals surface area contributed by atoms with Crippen molar-refractivity contribution in [3.63, 3.8) is 0 Å². The summed E-state index contributed by atoms with van der Waals surface area (Å²) in [6.07, 6.45) is 0.616. The number of ether oxygens (including phenoxy) is 1. The second kappa shape index (κ2) is 7.69. The van der Waals surface area contributed by atoms with E-state index in [1.54, 1.807) is 19.1 Å². The molecule has 3 aromatic carbocycles. The molecule has 0 aliphatic rings. The number of nitrogens with one attached hydrogen (secondary N) is 2. The molecule has 2 aromatic heterocycles. The van der Waals surface area contributed by atoms with E-state index in [1.807, 2.05) is 6.07 Å². The first-order chi connectivity index (χ1) is 15.5. The lowest BCUT2D eigenvalue weighted by atomic mass is 10.1. The van der Waals surface area contributed by atoms with E-state index in [9.17, 15) is 8.78 Å². The summed E-state index contributed by atoms with van der Waals surface area (Å²) in [5.74, 6) is 11.6. The van der Waals surface area contributed by atoms with Crippen LogP contribution in [0.5, 0.6) is 5.75 Å². The molecule has 0 amide bonds. The quantitative estimate of drug-likeness (QED) is 0.107. The van der Waals surface area contributed by atoms with E-state index in [1.165, 1.54) is 29.3 Å². The summed E-state index contributed by atoms with van der Waals surface area (Å²) in [7, 11) is 0. The van der Waals surface area contributed by atoms with E-state index < -0.39 is 0 Å². The fraction of sp³-hybridized carbons (Fsp3) is 0.174. The van der Waals surface area contributed by atoms with Gasteiger partial charge in [0.15, 0.2) is 5.75 Å². The molecule has 0 aliphatic heterocycles. The number of aromatic nitrogens is 2. The molecule has 6 N–H and O–H groups in total. The SMILES string of the molecule is C/C(=N/N)N(N)CCCOc1c2[nH]c3ccc(F)cc3c2cc2c1[nH]c1ccc(F)cc12. The Balaban J connectivity index is 1.64. The summed E-state index contributed by atoms with van der Waals surface area (Å²) in [4.78, 5) is 6.68. The molecule has 0 saturated heterocycles. The number of rotatable bonds is 5. The van der Waals surface area contributed by atoms with Crippen molar-refractivity contribution in [1.82, 2.24) is 15.0 Å². The van der Waals surface area contributed by atoms with Gasteiger partial charge in [-0.3, -0.25) is 5.01 Å². The molecule has 2 heterocycles. The van der Waals surface area contributed by atoms with Crippen molar-refractivity contribution in [1.29, 1.82) is 0 Å². The van der Waals surface area contributed by atoms with Gasteiger partial charge in [-0.25, -0.2) is 14.6 Å². The molecule has 0 fully saturated rings. The molecule has 5 rings (SSSR count). The first kappa shape index (κ1) is 20.1. The number of nitrogens with two attached hydrogens (primary N) is 2. The van der Waals surface area contributed by atoms with Crippen LogP contribution in [0.1, 0.15) is 13.3 Å². The fourth-order valence-electron chi connectivity index (χ4n) is 4.09. The molecule has 0 spiro atoms. The second-order valence-electron chi connectivity index (χ2n) is 7.75. The number of amidine groups is 1. The number of hydrazone groups is 1. The molecular weight excluding hydrogens is 414 g/mol. The van der Waals surface area contributed by atoms with Crippen molar-refractivity contribution in [3.8, 4) is 5.75 Å². The van der Waals surface area contributed by atoms with Crippen molar-refractivity contribution in [2.24, 2.45) is 16.8 Å². The maximum Gasteiger partial charge on any atom is 0.167 e. The highest BCUT2D eigenvalue weighted by Gasteiger charge is 2.18. The van der Waals surface area contributed by atoms with Gasteiger partial charge in [0.05, 0.1) is 17.6 Å². The zero-order valence-electron chi connectivity index (χ0n) is 17.4. The topological polar surface area (TPSA) is 108 Å². The maximum absolute atomic E-state index is 14.0. The summed E-state index contributed by atoms with van der Waals surface area (Å²) in [5, 5.41) is 8.11. The average Bonchev–Trinajstić information content (AvgIpc) is 3.33. The standard InChI is InChI=1S/C23H22F2N6O/c1-12(30-26)31(27)7-2-8-32-23-21-17(15-9-13(24)3-5-19(15)28-21)11-18-16-10-14(25)4-6-20(16)29-22(18)23/h3-6,9-11,28-29H,2,7-8,26-27H2,1H3/b30-12-. The van der Waals surface area contributed by atoms with E-state index in [2.05, 4.69) is 15.1 Å². The molecule has 0 radical (unpaired) electrons. The molecule has 0 unspecified atom stereocenters. The summed E-state index contributed by atoms with van der Waals surface area (Å²) >= 11 is 0. The normalized spacial score (nSPS) is 12.4. The Morgan fingerprint density at radius 1 is 0.938 bits per heavy atom. The molecular formula is C23H22F2N6O. The van der Waals surface area contributed by atoms with Gasteiger partial charge in [-0.2, -0.15) is 5.10 Å². The average molecular weight is 436 g/mol. The third kappa shape index (κ3) is 3.27. The monoisotopic (exact) mass is 436 g/mol. The van der Waals surface area contributed by atoms with Crippen LogP contribution in [-0.4, -0.2) is 34.0 Å². The van der Waals surface area contributed by atoms with Crippen LogP contribution in [0.3, 0.4) is 0 Å². The second-order valence-corrected chi connectivity index (χ2v) is 7.75. The van der Waals surface area contributed by atoms with Crippen LogP contribution in [0.4, 0.5) is 8.78 Å². The molecule has 0 aliphatic carbocycles. The number of fused-ring (bicyclic) bond motifs is 6. The number of halogens is 2. The summed E-state index contributed by atoms with van der Waals surface area (Å²) < 4.78 is 34.2. The number of hydrogen-bond donors (Lipinski definition) is 4. The number of hydrazine groups is 1. The van der Waals surface area contributed by atoms with Crippen molar-refractivity contribution >= 4 is 49.4 Å². The fourth-order valence-corrected chi connectivity index (χ4v) is 4.09. The predicted molar refractivity (Wildman–Crippen MR) is 123 cm³/mol. The Morgan fingerprint density at radius 2 is 1.50 bits per heavy atom. The zero-order chi connectivity index (χ0) is 22.4. The van der Waals surface area contributed by atoms with E-state index in [-0.39, 0.29) is 11.6 Å². The van der Waals surface area contributed by atoms with Gasteiger partial charge in [0.2, 0.25) is 0 Å². The first-order valence-electron chi connectivity index (χ1n) is 10.2. The lowest BCUT2D eigenvalue weighted by Crippen LogP contribution is -2.37.